The van der Waals surface area contributed by atoms with E-state index in [4.69, 9.17) is 11.5 Å². The van der Waals surface area contributed by atoms with Crippen molar-refractivity contribution in [1.82, 2.24) is 0 Å². The fourth-order valence-corrected chi connectivity index (χ4v) is 0.289. The van der Waals surface area contributed by atoms with Crippen LogP contribution in [0.5, 0.6) is 0 Å². The molecule has 0 radical (unpaired) electrons. The summed E-state index contributed by atoms with van der Waals surface area (Å²) in [7, 11) is 0. The molecule has 2 heteroatoms. The second kappa shape index (κ2) is 15.9. The minimum atomic E-state index is 0.775. The van der Waals surface area contributed by atoms with Crippen LogP contribution in [-0.2, 0) is 0 Å². The van der Waals surface area contributed by atoms with Gasteiger partial charge in [0.2, 0.25) is 0 Å². The van der Waals surface area contributed by atoms with E-state index in [0.717, 1.165) is 25.9 Å². The Morgan fingerprint density at radius 3 is 1.25 bits per heavy atom. The summed E-state index contributed by atoms with van der Waals surface area (Å²) in [5, 5.41) is 0. The van der Waals surface area contributed by atoms with Crippen LogP contribution in [-0.4, -0.2) is 13.1 Å². The summed E-state index contributed by atoms with van der Waals surface area (Å²) in [6.45, 7) is 7.55. The quantitative estimate of drug-likeness (QED) is 0.416. The summed E-state index contributed by atoms with van der Waals surface area (Å²) in [5.74, 6) is 0. The van der Waals surface area contributed by atoms with E-state index in [2.05, 4.69) is 13.2 Å². The van der Waals surface area contributed by atoms with Gasteiger partial charge < -0.3 is 11.5 Å². The summed E-state index contributed by atoms with van der Waals surface area (Å²) >= 11 is 0. The van der Waals surface area contributed by atoms with Gasteiger partial charge in [0.25, 0.3) is 0 Å². The Kier molecular flexibility index (Phi) is 21.1. The smallest absolute Gasteiger partial charge is 0.00768 e. The van der Waals surface area contributed by atoms with Crippen molar-refractivity contribution in [3.05, 3.63) is 13.2 Å². The van der Waals surface area contributed by atoms with Crippen LogP contribution in [0.25, 0.3) is 0 Å². The van der Waals surface area contributed by atoms with Crippen LogP contribution in [0.1, 0.15) is 12.8 Å². The standard InChI is InChI=1S/C4H12N2.C2H4/c5-3-1-2-4-6;1-2/h1-6H2;1-2H2. The van der Waals surface area contributed by atoms with E-state index in [-0.39, 0.29) is 0 Å². The maximum absolute atomic E-state index is 5.16. The highest BCUT2D eigenvalue weighted by Crippen LogP contribution is 1.77. The Morgan fingerprint density at radius 2 is 1.12 bits per heavy atom. The molecule has 0 aromatic carbocycles. The van der Waals surface area contributed by atoms with Crippen LogP contribution in [0, 0.1) is 0 Å². The molecule has 0 amide bonds. The molecule has 50 valence electrons. The maximum atomic E-state index is 5.16. The molecule has 0 aromatic rings. The first-order valence-corrected chi connectivity index (χ1v) is 2.82. The zero-order valence-electron chi connectivity index (χ0n) is 5.40. The van der Waals surface area contributed by atoms with Crippen LogP contribution in [0.3, 0.4) is 0 Å². The van der Waals surface area contributed by atoms with E-state index >= 15 is 0 Å². The molecule has 0 aromatic heterocycles. The van der Waals surface area contributed by atoms with Gasteiger partial charge in [-0.1, -0.05) is 0 Å². The van der Waals surface area contributed by atoms with Crippen LogP contribution >= 0.6 is 0 Å². The van der Waals surface area contributed by atoms with Gasteiger partial charge in [-0.05, 0) is 25.9 Å². The van der Waals surface area contributed by atoms with Gasteiger partial charge in [0, 0.05) is 0 Å². The Labute approximate surface area is 51.6 Å². The lowest BCUT2D eigenvalue weighted by atomic mass is 10.3. The molecule has 0 aliphatic carbocycles. The molecule has 0 saturated heterocycles. The maximum Gasteiger partial charge on any atom is -0.00768 e. The number of rotatable bonds is 3. The second-order valence-electron chi connectivity index (χ2n) is 1.28. The highest BCUT2D eigenvalue weighted by Gasteiger charge is 1.75. The number of nitrogens with two attached hydrogens (primary N) is 2. The third kappa shape index (κ3) is 17.4. The first-order valence-electron chi connectivity index (χ1n) is 2.82. The third-order valence-electron chi connectivity index (χ3n) is 0.658. The molecule has 0 spiro atoms. The van der Waals surface area contributed by atoms with E-state index in [1.165, 1.54) is 0 Å². The van der Waals surface area contributed by atoms with Crippen LogP contribution in [0.2, 0.25) is 0 Å². The first-order chi connectivity index (χ1) is 3.91. The molecule has 0 unspecified atom stereocenters. The Morgan fingerprint density at radius 1 is 0.875 bits per heavy atom. The summed E-state index contributed by atoms with van der Waals surface area (Å²) in [5.41, 5.74) is 10.3. The average molecular weight is 116 g/mol. The van der Waals surface area contributed by atoms with E-state index in [1.807, 2.05) is 0 Å². The van der Waals surface area contributed by atoms with Crippen molar-refractivity contribution in [2.75, 3.05) is 13.1 Å². The van der Waals surface area contributed by atoms with Gasteiger partial charge in [-0.2, -0.15) is 0 Å². The molecule has 0 atom stereocenters. The van der Waals surface area contributed by atoms with Crippen molar-refractivity contribution >= 4 is 0 Å². The highest BCUT2D eigenvalue weighted by molar-refractivity contribution is 4.38. The second-order valence-corrected chi connectivity index (χ2v) is 1.28. The van der Waals surface area contributed by atoms with Crippen molar-refractivity contribution in [3.8, 4) is 0 Å². The van der Waals surface area contributed by atoms with Gasteiger partial charge in [0.15, 0.2) is 0 Å². The molecule has 0 aliphatic rings. The van der Waals surface area contributed by atoms with Crippen molar-refractivity contribution < 1.29 is 0 Å². The zero-order valence-corrected chi connectivity index (χ0v) is 5.40. The molecule has 0 rings (SSSR count). The van der Waals surface area contributed by atoms with Crippen molar-refractivity contribution in [3.63, 3.8) is 0 Å². The molecule has 0 bridgehead atoms. The summed E-state index contributed by atoms with van der Waals surface area (Å²) < 4.78 is 0. The predicted molar refractivity (Wildman–Crippen MR) is 38.6 cm³/mol. The van der Waals surface area contributed by atoms with Gasteiger partial charge in [-0.25, -0.2) is 0 Å². The average Bonchev–Trinajstić information content (AvgIpc) is 1.88. The van der Waals surface area contributed by atoms with Crippen LogP contribution in [0.15, 0.2) is 13.2 Å². The minimum absolute atomic E-state index is 0.775. The fourth-order valence-electron chi connectivity index (χ4n) is 0.289. The molecule has 0 aliphatic heterocycles. The first kappa shape index (κ1) is 10.6. The van der Waals surface area contributed by atoms with Crippen molar-refractivity contribution in [2.24, 2.45) is 11.5 Å². The number of hydrogen-bond donors (Lipinski definition) is 2. The summed E-state index contributed by atoms with van der Waals surface area (Å²) in [6, 6.07) is 0. The molecule has 2 nitrogen and oxygen atoms in total. The largest absolute Gasteiger partial charge is 0.330 e. The third-order valence-corrected chi connectivity index (χ3v) is 0.658. The summed E-state index contributed by atoms with van der Waals surface area (Å²) in [6.07, 6.45) is 2.13. The van der Waals surface area contributed by atoms with Crippen molar-refractivity contribution in [1.29, 1.82) is 0 Å². The summed E-state index contributed by atoms with van der Waals surface area (Å²) in [4.78, 5) is 0. The minimum Gasteiger partial charge on any atom is -0.330 e. The van der Waals surface area contributed by atoms with E-state index < -0.39 is 0 Å². The SMILES string of the molecule is C=C.NCCCCN. The highest BCUT2D eigenvalue weighted by atomic mass is 14.5. The van der Waals surface area contributed by atoms with Gasteiger partial charge in [0.05, 0.1) is 0 Å². The Bertz CT molecular complexity index is 25.7. The van der Waals surface area contributed by atoms with Crippen molar-refractivity contribution in [2.45, 2.75) is 12.8 Å². The van der Waals surface area contributed by atoms with Gasteiger partial charge in [-0.15, -0.1) is 13.2 Å². The molecular formula is C6H16N2. The molecular weight excluding hydrogens is 100 g/mol. The van der Waals surface area contributed by atoms with E-state index in [1.54, 1.807) is 0 Å². The molecule has 0 fully saturated rings. The lowest BCUT2D eigenvalue weighted by Crippen LogP contribution is -2.03. The molecule has 0 saturated carbocycles. The Hall–Kier alpha value is -0.340. The lowest BCUT2D eigenvalue weighted by Gasteiger charge is -1.87. The van der Waals surface area contributed by atoms with Gasteiger partial charge in [-0.3, -0.25) is 0 Å². The topological polar surface area (TPSA) is 52.0 Å². The van der Waals surface area contributed by atoms with Crippen LogP contribution < -0.4 is 11.5 Å². The Balaban J connectivity index is 0. The lowest BCUT2D eigenvalue weighted by molar-refractivity contribution is 0.755. The van der Waals surface area contributed by atoms with Gasteiger partial charge >= 0.3 is 0 Å². The molecule has 8 heavy (non-hydrogen) atoms. The zero-order chi connectivity index (χ0) is 6.83. The van der Waals surface area contributed by atoms with Crippen LogP contribution in [0.4, 0.5) is 0 Å². The predicted octanol–water partition coefficient (Wildman–Crippen LogP) is 0.486. The number of unbranched alkanes of at least 4 members (excludes halogenated alkanes) is 1. The van der Waals surface area contributed by atoms with Gasteiger partial charge in [0.1, 0.15) is 0 Å². The fraction of sp³-hybridized carbons (Fsp3) is 0.667. The molecule has 4 N–H and O–H groups in total. The van der Waals surface area contributed by atoms with E-state index in [9.17, 15) is 0 Å². The van der Waals surface area contributed by atoms with E-state index in [0.29, 0.717) is 0 Å². The molecule has 0 heterocycles. The number of hydrogen-bond acceptors (Lipinski definition) is 2. The monoisotopic (exact) mass is 116 g/mol. The normalized spacial score (nSPS) is 7.25.